The number of hydrogen-bond donors (Lipinski definition) is 0. The molecule has 0 aliphatic rings. The van der Waals surface area contributed by atoms with Crippen molar-refractivity contribution in [2.75, 3.05) is 11.8 Å². The fourth-order valence-corrected chi connectivity index (χ4v) is 1.54. The Morgan fingerprint density at radius 1 is 1.20 bits per heavy atom. The van der Waals surface area contributed by atoms with Crippen LogP contribution in [0, 0.1) is 5.92 Å². The Labute approximate surface area is 73.9 Å². The Bertz CT molecular complexity index is 64.3. The van der Waals surface area contributed by atoms with Gasteiger partial charge in [0, 0.05) is 11.8 Å². The molecule has 0 N–H and O–H groups in total. The van der Waals surface area contributed by atoms with Gasteiger partial charge in [-0.2, -0.15) is 0 Å². The SMILES string of the molecule is CCCC(CCl)CCCCl. The van der Waals surface area contributed by atoms with Crippen molar-refractivity contribution >= 4 is 23.2 Å². The van der Waals surface area contributed by atoms with Crippen LogP contribution >= 0.6 is 23.2 Å². The van der Waals surface area contributed by atoms with Gasteiger partial charge in [0.25, 0.3) is 0 Å². The summed E-state index contributed by atoms with van der Waals surface area (Å²) in [5.41, 5.74) is 0. The van der Waals surface area contributed by atoms with E-state index >= 15 is 0 Å². The van der Waals surface area contributed by atoms with Gasteiger partial charge in [0.1, 0.15) is 0 Å². The van der Waals surface area contributed by atoms with E-state index in [0.717, 1.165) is 18.2 Å². The summed E-state index contributed by atoms with van der Waals surface area (Å²) in [6.07, 6.45) is 4.79. The second-order valence-electron chi connectivity index (χ2n) is 2.64. The van der Waals surface area contributed by atoms with Crippen LogP contribution in [0.15, 0.2) is 0 Å². The molecule has 1 atom stereocenters. The third kappa shape index (κ3) is 5.37. The summed E-state index contributed by atoms with van der Waals surface area (Å²) >= 11 is 11.3. The summed E-state index contributed by atoms with van der Waals surface area (Å²) in [4.78, 5) is 0. The highest BCUT2D eigenvalue weighted by Gasteiger charge is 2.04. The molecule has 0 fully saturated rings. The molecule has 0 saturated carbocycles. The molecule has 0 nitrogen and oxygen atoms in total. The highest BCUT2D eigenvalue weighted by Crippen LogP contribution is 2.15. The third-order valence-corrected chi connectivity index (χ3v) is 2.36. The van der Waals surface area contributed by atoms with Gasteiger partial charge in [0.2, 0.25) is 0 Å². The van der Waals surface area contributed by atoms with Crippen molar-refractivity contribution in [1.29, 1.82) is 0 Å². The zero-order valence-electron chi connectivity index (χ0n) is 6.58. The standard InChI is InChI=1S/C8H16Cl2/c1-2-4-8(7-10)5-3-6-9/h8H,2-7H2,1H3. The van der Waals surface area contributed by atoms with Gasteiger partial charge in [-0.15, -0.1) is 23.2 Å². The van der Waals surface area contributed by atoms with Gasteiger partial charge >= 0.3 is 0 Å². The molecule has 62 valence electrons. The molecule has 2 heteroatoms. The highest BCUT2D eigenvalue weighted by atomic mass is 35.5. The lowest BCUT2D eigenvalue weighted by atomic mass is 10.0. The summed E-state index contributed by atoms with van der Waals surface area (Å²) in [6, 6.07) is 0. The fourth-order valence-electron chi connectivity index (χ4n) is 1.07. The predicted octanol–water partition coefficient (Wildman–Crippen LogP) is 3.66. The minimum atomic E-state index is 0.699. The molecule has 10 heavy (non-hydrogen) atoms. The zero-order valence-corrected chi connectivity index (χ0v) is 8.09. The number of alkyl halides is 2. The Morgan fingerprint density at radius 2 is 1.90 bits per heavy atom. The molecule has 0 aliphatic heterocycles. The third-order valence-electron chi connectivity index (χ3n) is 1.66. The van der Waals surface area contributed by atoms with Crippen LogP contribution in [-0.2, 0) is 0 Å². The van der Waals surface area contributed by atoms with Gasteiger partial charge in [0.05, 0.1) is 0 Å². The predicted molar refractivity (Wildman–Crippen MR) is 49.1 cm³/mol. The first-order valence-corrected chi connectivity index (χ1v) is 5.04. The molecule has 0 bridgehead atoms. The van der Waals surface area contributed by atoms with Gasteiger partial charge in [-0.05, 0) is 25.2 Å². The summed E-state index contributed by atoms with van der Waals surface area (Å²) in [6.45, 7) is 2.19. The molecule has 0 aliphatic carbocycles. The van der Waals surface area contributed by atoms with Crippen LogP contribution in [0.5, 0.6) is 0 Å². The van der Waals surface area contributed by atoms with E-state index in [1.807, 2.05) is 0 Å². The van der Waals surface area contributed by atoms with Crippen molar-refractivity contribution in [1.82, 2.24) is 0 Å². The largest absolute Gasteiger partial charge is 0.127 e. The van der Waals surface area contributed by atoms with E-state index in [0.29, 0.717) is 5.92 Å². The molecular formula is C8H16Cl2. The van der Waals surface area contributed by atoms with Gasteiger partial charge in [0.15, 0.2) is 0 Å². The van der Waals surface area contributed by atoms with E-state index in [2.05, 4.69) is 6.92 Å². The normalized spacial score (nSPS) is 13.5. The van der Waals surface area contributed by atoms with Crippen LogP contribution in [0.4, 0.5) is 0 Å². The summed E-state index contributed by atoms with van der Waals surface area (Å²) in [7, 11) is 0. The summed E-state index contributed by atoms with van der Waals surface area (Å²) in [5, 5.41) is 0. The van der Waals surface area contributed by atoms with E-state index in [4.69, 9.17) is 23.2 Å². The Kier molecular flexibility index (Phi) is 8.13. The smallest absolute Gasteiger partial charge is 0.0251 e. The van der Waals surface area contributed by atoms with Crippen molar-refractivity contribution < 1.29 is 0 Å². The number of hydrogen-bond acceptors (Lipinski definition) is 0. The van der Waals surface area contributed by atoms with Gasteiger partial charge in [-0.25, -0.2) is 0 Å². The van der Waals surface area contributed by atoms with Crippen LogP contribution in [0.2, 0.25) is 0 Å². The average molecular weight is 183 g/mol. The van der Waals surface area contributed by atoms with Crippen LogP contribution in [-0.4, -0.2) is 11.8 Å². The zero-order chi connectivity index (χ0) is 7.82. The summed E-state index contributed by atoms with van der Waals surface area (Å²) < 4.78 is 0. The molecule has 0 radical (unpaired) electrons. The van der Waals surface area contributed by atoms with Crippen LogP contribution in [0.1, 0.15) is 32.6 Å². The molecule has 0 amide bonds. The lowest BCUT2D eigenvalue weighted by Gasteiger charge is -2.10. The second-order valence-corrected chi connectivity index (χ2v) is 3.33. The first kappa shape index (κ1) is 10.6. The maximum Gasteiger partial charge on any atom is 0.0251 e. The second kappa shape index (κ2) is 7.68. The van der Waals surface area contributed by atoms with Crippen molar-refractivity contribution in [3.63, 3.8) is 0 Å². The molecule has 0 heterocycles. The maximum absolute atomic E-state index is 5.74. The molecule has 0 rings (SSSR count). The van der Waals surface area contributed by atoms with E-state index in [1.165, 1.54) is 19.3 Å². The van der Waals surface area contributed by atoms with Crippen molar-refractivity contribution in [3.8, 4) is 0 Å². The quantitative estimate of drug-likeness (QED) is 0.551. The van der Waals surface area contributed by atoms with Crippen LogP contribution < -0.4 is 0 Å². The summed E-state index contributed by atoms with van der Waals surface area (Å²) in [5.74, 6) is 2.27. The van der Waals surface area contributed by atoms with E-state index < -0.39 is 0 Å². The lowest BCUT2D eigenvalue weighted by molar-refractivity contribution is 0.487. The first-order valence-electron chi connectivity index (χ1n) is 3.97. The molecule has 1 unspecified atom stereocenters. The van der Waals surface area contributed by atoms with Crippen molar-refractivity contribution in [2.24, 2.45) is 5.92 Å². The Hall–Kier alpha value is 0.580. The number of halogens is 2. The fraction of sp³-hybridized carbons (Fsp3) is 1.00. The van der Waals surface area contributed by atoms with E-state index in [1.54, 1.807) is 0 Å². The highest BCUT2D eigenvalue weighted by molar-refractivity contribution is 6.18. The minimum absolute atomic E-state index is 0.699. The number of rotatable bonds is 6. The molecular weight excluding hydrogens is 167 g/mol. The maximum atomic E-state index is 5.74. The van der Waals surface area contributed by atoms with Crippen LogP contribution in [0.25, 0.3) is 0 Å². The monoisotopic (exact) mass is 182 g/mol. The lowest BCUT2D eigenvalue weighted by Crippen LogP contribution is -2.01. The van der Waals surface area contributed by atoms with Gasteiger partial charge in [-0.1, -0.05) is 13.3 Å². The average Bonchev–Trinajstić information content (AvgIpc) is 1.98. The first-order chi connectivity index (χ1) is 4.85. The Morgan fingerprint density at radius 3 is 2.30 bits per heavy atom. The van der Waals surface area contributed by atoms with Crippen molar-refractivity contribution in [2.45, 2.75) is 32.6 Å². The van der Waals surface area contributed by atoms with Gasteiger partial charge in [-0.3, -0.25) is 0 Å². The molecule has 0 spiro atoms. The van der Waals surface area contributed by atoms with E-state index in [9.17, 15) is 0 Å². The molecule has 0 saturated heterocycles. The Balaban J connectivity index is 3.21. The molecule has 0 aromatic rings. The van der Waals surface area contributed by atoms with Gasteiger partial charge < -0.3 is 0 Å². The minimum Gasteiger partial charge on any atom is -0.127 e. The van der Waals surface area contributed by atoms with Crippen molar-refractivity contribution in [3.05, 3.63) is 0 Å². The molecule has 0 aromatic carbocycles. The van der Waals surface area contributed by atoms with Crippen LogP contribution in [0.3, 0.4) is 0 Å². The van der Waals surface area contributed by atoms with E-state index in [-0.39, 0.29) is 0 Å². The topological polar surface area (TPSA) is 0 Å². The molecule has 0 aromatic heterocycles.